The lowest BCUT2D eigenvalue weighted by molar-refractivity contribution is 0.294. The van der Waals surface area contributed by atoms with E-state index in [1.54, 1.807) is 7.11 Å². The van der Waals surface area contributed by atoms with Crippen LogP contribution in [0.25, 0.3) is 12.2 Å². The minimum atomic E-state index is 0.653. The maximum absolute atomic E-state index is 5.19. The summed E-state index contributed by atoms with van der Waals surface area (Å²) in [5.74, 6) is 2.04. The summed E-state index contributed by atoms with van der Waals surface area (Å²) in [6, 6.07) is 0.653. The van der Waals surface area contributed by atoms with E-state index < -0.39 is 0 Å². The number of allylic oxidation sites excluding steroid dienone is 2. The molecule has 1 heterocycles. The quantitative estimate of drug-likeness (QED) is 0.772. The average Bonchev–Trinajstić information content (AvgIpc) is 2.68. The van der Waals surface area contributed by atoms with Crippen LogP contribution in [0.2, 0.25) is 0 Å². The van der Waals surface area contributed by atoms with Gasteiger partial charge in [-0.1, -0.05) is 19.4 Å². The molecule has 0 unspecified atom stereocenters. The van der Waals surface area contributed by atoms with Crippen LogP contribution in [-0.2, 0) is 4.74 Å². The lowest BCUT2D eigenvalue weighted by Crippen LogP contribution is -2.34. The third kappa shape index (κ3) is 3.14. The highest BCUT2D eigenvalue weighted by Gasteiger charge is 2.21. The van der Waals surface area contributed by atoms with Crippen molar-refractivity contribution in [1.29, 1.82) is 0 Å². The Labute approximate surface area is 121 Å². The van der Waals surface area contributed by atoms with Crippen LogP contribution in [-0.4, -0.2) is 16.7 Å². The van der Waals surface area contributed by atoms with Crippen LogP contribution in [0.3, 0.4) is 0 Å². The number of imidazole rings is 1. The number of aryl methyl sites for hydroxylation is 1. The van der Waals surface area contributed by atoms with E-state index in [0.29, 0.717) is 6.04 Å². The number of nitrogens with zero attached hydrogens (tertiary/aromatic N) is 2. The largest absolute Gasteiger partial charge is 0.501 e. The van der Waals surface area contributed by atoms with Gasteiger partial charge in [-0.15, -0.1) is 0 Å². The molecule has 1 aliphatic carbocycles. The maximum atomic E-state index is 5.19. The Morgan fingerprint density at radius 1 is 1.45 bits per heavy atom. The van der Waals surface area contributed by atoms with Crippen molar-refractivity contribution in [3.63, 3.8) is 0 Å². The molecule has 1 aromatic heterocycles. The standard InChI is InChI=1S/C17H26N2O/c1-5-6-10-17-16(12-11-13(2)20-4)18-14(3)19(17)15-8-7-9-15/h10-12,15H,5-9H2,1-4H3/b13-11+,16-12+,17-10-. The molecule has 1 fully saturated rings. The van der Waals surface area contributed by atoms with Crippen LogP contribution < -0.4 is 10.7 Å². The molecule has 0 spiro atoms. The summed E-state index contributed by atoms with van der Waals surface area (Å²) in [5, 5.41) is 2.36. The summed E-state index contributed by atoms with van der Waals surface area (Å²) in [5.41, 5.74) is 0. The summed E-state index contributed by atoms with van der Waals surface area (Å²) in [6.45, 7) is 6.29. The number of aromatic nitrogens is 2. The van der Waals surface area contributed by atoms with Crippen molar-refractivity contribution in [2.75, 3.05) is 7.11 Å². The zero-order chi connectivity index (χ0) is 14.5. The van der Waals surface area contributed by atoms with Crippen molar-refractivity contribution >= 4 is 12.2 Å². The van der Waals surface area contributed by atoms with Crippen LogP contribution in [0.4, 0.5) is 0 Å². The summed E-state index contributed by atoms with van der Waals surface area (Å²) in [7, 11) is 1.70. The van der Waals surface area contributed by atoms with Gasteiger partial charge >= 0.3 is 0 Å². The smallest absolute Gasteiger partial charge is 0.106 e. The van der Waals surface area contributed by atoms with Crippen LogP contribution in [0.15, 0.2) is 11.8 Å². The van der Waals surface area contributed by atoms with Crippen LogP contribution in [0.1, 0.15) is 57.8 Å². The van der Waals surface area contributed by atoms with Gasteiger partial charge in [0.25, 0.3) is 0 Å². The molecule has 0 N–H and O–H groups in total. The van der Waals surface area contributed by atoms with Crippen molar-refractivity contribution in [2.24, 2.45) is 0 Å². The number of rotatable bonds is 5. The van der Waals surface area contributed by atoms with Gasteiger partial charge in [-0.25, -0.2) is 4.98 Å². The Balaban J connectivity index is 2.51. The molecule has 3 heteroatoms. The number of unbranched alkanes of at least 4 members (excludes halogenated alkanes) is 1. The van der Waals surface area contributed by atoms with Gasteiger partial charge in [0.05, 0.1) is 23.6 Å². The highest BCUT2D eigenvalue weighted by atomic mass is 16.5. The van der Waals surface area contributed by atoms with Gasteiger partial charge in [0.2, 0.25) is 0 Å². The van der Waals surface area contributed by atoms with E-state index in [1.807, 2.05) is 13.0 Å². The van der Waals surface area contributed by atoms with E-state index in [2.05, 4.69) is 30.6 Å². The zero-order valence-corrected chi connectivity index (χ0v) is 13.1. The first-order chi connectivity index (χ1) is 9.67. The van der Waals surface area contributed by atoms with Gasteiger partial charge in [-0.2, -0.15) is 0 Å². The first-order valence-electron chi connectivity index (χ1n) is 7.65. The summed E-state index contributed by atoms with van der Waals surface area (Å²) in [4.78, 5) is 4.75. The van der Waals surface area contributed by atoms with Gasteiger partial charge in [0.15, 0.2) is 0 Å². The van der Waals surface area contributed by atoms with E-state index in [0.717, 1.165) is 23.4 Å². The molecule has 0 amide bonds. The summed E-state index contributed by atoms with van der Waals surface area (Å²) >= 11 is 0. The Kier molecular flexibility index (Phi) is 5.05. The topological polar surface area (TPSA) is 27.1 Å². The molecule has 1 aliphatic rings. The monoisotopic (exact) mass is 274 g/mol. The number of hydrogen-bond donors (Lipinski definition) is 0. The van der Waals surface area contributed by atoms with Gasteiger partial charge in [0.1, 0.15) is 5.82 Å². The molecule has 0 bridgehead atoms. The normalized spacial score (nSPS) is 18.5. The molecule has 1 aromatic rings. The van der Waals surface area contributed by atoms with E-state index in [4.69, 9.17) is 9.72 Å². The molecule has 1 saturated carbocycles. The van der Waals surface area contributed by atoms with Gasteiger partial charge in [-0.05, 0) is 51.7 Å². The Morgan fingerprint density at radius 2 is 2.20 bits per heavy atom. The molecule has 110 valence electrons. The second kappa shape index (κ2) is 6.78. The third-order valence-corrected chi connectivity index (χ3v) is 4.02. The highest BCUT2D eigenvalue weighted by molar-refractivity contribution is 5.37. The van der Waals surface area contributed by atoms with Crippen molar-refractivity contribution < 1.29 is 4.74 Å². The second-order valence-corrected chi connectivity index (χ2v) is 5.53. The number of methoxy groups -OCH3 is 1. The predicted octanol–water partition coefficient (Wildman–Crippen LogP) is 2.83. The fourth-order valence-corrected chi connectivity index (χ4v) is 2.56. The minimum Gasteiger partial charge on any atom is -0.501 e. The maximum Gasteiger partial charge on any atom is 0.106 e. The van der Waals surface area contributed by atoms with E-state index in [1.165, 1.54) is 31.0 Å². The minimum absolute atomic E-state index is 0.653. The molecule has 2 rings (SSSR count). The zero-order valence-electron chi connectivity index (χ0n) is 13.1. The summed E-state index contributed by atoms with van der Waals surface area (Å²) in [6.07, 6.45) is 12.6. The van der Waals surface area contributed by atoms with Crippen molar-refractivity contribution in [3.8, 4) is 0 Å². The Morgan fingerprint density at radius 3 is 2.75 bits per heavy atom. The number of ether oxygens (including phenoxy) is 1. The number of hydrogen-bond acceptors (Lipinski definition) is 2. The van der Waals surface area contributed by atoms with Crippen molar-refractivity contribution in [2.45, 2.75) is 58.9 Å². The van der Waals surface area contributed by atoms with Crippen LogP contribution in [0, 0.1) is 6.92 Å². The van der Waals surface area contributed by atoms with Crippen molar-refractivity contribution in [1.82, 2.24) is 9.55 Å². The van der Waals surface area contributed by atoms with Gasteiger partial charge < -0.3 is 9.30 Å². The molecule has 0 saturated heterocycles. The van der Waals surface area contributed by atoms with Crippen LogP contribution >= 0.6 is 0 Å². The third-order valence-electron chi connectivity index (χ3n) is 4.02. The Hall–Kier alpha value is -1.51. The molecule has 20 heavy (non-hydrogen) atoms. The Bertz CT molecular complexity index is 591. The first kappa shape index (κ1) is 14.9. The van der Waals surface area contributed by atoms with Gasteiger partial charge in [-0.3, -0.25) is 0 Å². The fraction of sp³-hybridized carbons (Fsp3) is 0.588. The van der Waals surface area contributed by atoms with Gasteiger partial charge in [0, 0.05) is 6.04 Å². The lowest BCUT2D eigenvalue weighted by Gasteiger charge is -2.28. The summed E-state index contributed by atoms with van der Waals surface area (Å²) < 4.78 is 7.63. The molecule has 3 nitrogen and oxygen atoms in total. The van der Waals surface area contributed by atoms with E-state index in [-0.39, 0.29) is 0 Å². The molecule has 0 aromatic carbocycles. The SMILES string of the molecule is CCC/C=c1/c(=C\C=C(/C)OC)nc(C)n1C1CCC1. The predicted molar refractivity (Wildman–Crippen MR) is 83.7 cm³/mol. The lowest BCUT2D eigenvalue weighted by atomic mass is 9.92. The molecule has 0 radical (unpaired) electrons. The average molecular weight is 274 g/mol. The second-order valence-electron chi connectivity index (χ2n) is 5.53. The highest BCUT2D eigenvalue weighted by Crippen LogP contribution is 2.30. The molecular formula is C17H26N2O. The van der Waals surface area contributed by atoms with E-state index >= 15 is 0 Å². The fourth-order valence-electron chi connectivity index (χ4n) is 2.56. The van der Waals surface area contributed by atoms with Crippen LogP contribution in [0.5, 0.6) is 0 Å². The molecule has 0 atom stereocenters. The first-order valence-corrected chi connectivity index (χ1v) is 7.65. The van der Waals surface area contributed by atoms with E-state index in [9.17, 15) is 0 Å². The molecular weight excluding hydrogens is 248 g/mol. The van der Waals surface area contributed by atoms with Crippen molar-refractivity contribution in [3.05, 3.63) is 28.4 Å². The molecule has 0 aliphatic heterocycles.